The lowest BCUT2D eigenvalue weighted by Gasteiger charge is -2.13. The van der Waals surface area contributed by atoms with Crippen LogP contribution in [0.5, 0.6) is 0 Å². The average molecular weight is 377 g/mol. The highest BCUT2D eigenvalue weighted by molar-refractivity contribution is 6.08. The maximum atomic E-state index is 13.3. The summed E-state index contributed by atoms with van der Waals surface area (Å²) in [6.07, 6.45) is 2.75. The number of rotatable bonds is 4. The summed E-state index contributed by atoms with van der Waals surface area (Å²) in [6.45, 7) is 5.85. The van der Waals surface area contributed by atoms with Crippen molar-refractivity contribution in [3.8, 4) is 0 Å². The first-order chi connectivity index (χ1) is 13.3. The Labute approximate surface area is 162 Å². The zero-order chi connectivity index (χ0) is 20.3. The van der Waals surface area contributed by atoms with Crippen molar-refractivity contribution in [2.45, 2.75) is 20.8 Å². The third-order valence-electron chi connectivity index (χ3n) is 4.26. The molecule has 0 aliphatic carbocycles. The van der Waals surface area contributed by atoms with E-state index < -0.39 is 11.7 Å². The summed E-state index contributed by atoms with van der Waals surface area (Å²) < 4.78 is 13.3. The van der Waals surface area contributed by atoms with E-state index in [9.17, 15) is 14.0 Å². The number of aryl methyl sites for hydroxylation is 3. The molecule has 0 unspecified atom stereocenters. The number of aromatic nitrogens is 1. The standard InChI is InChI=1S/C22H20FN3O2/c1-13-7-14(2)20(15(3)8-13)26-22(28)17-9-16(11-24-12-17)21(27)25-19-6-4-5-18(23)10-19/h4-12H,1-3H3,(H,25,27)(H,26,28). The predicted molar refractivity (Wildman–Crippen MR) is 107 cm³/mol. The van der Waals surface area contributed by atoms with Gasteiger partial charge < -0.3 is 10.6 Å². The van der Waals surface area contributed by atoms with Crippen LogP contribution in [0.3, 0.4) is 0 Å². The molecule has 0 spiro atoms. The largest absolute Gasteiger partial charge is 0.322 e. The van der Waals surface area contributed by atoms with E-state index >= 15 is 0 Å². The molecule has 2 aromatic carbocycles. The molecule has 3 rings (SSSR count). The molecule has 0 saturated heterocycles. The molecule has 142 valence electrons. The molecule has 0 aliphatic rings. The molecule has 0 saturated carbocycles. The van der Waals surface area contributed by atoms with Crippen molar-refractivity contribution in [3.63, 3.8) is 0 Å². The van der Waals surface area contributed by atoms with Crippen LogP contribution in [0.4, 0.5) is 15.8 Å². The molecule has 0 fully saturated rings. The Morgan fingerprint density at radius 2 is 1.46 bits per heavy atom. The van der Waals surface area contributed by atoms with E-state index in [1.807, 2.05) is 32.9 Å². The van der Waals surface area contributed by atoms with E-state index in [0.29, 0.717) is 5.69 Å². The van der Waals surface area contributed by atoms with Gasteiger partial charge in [0.15, 0.2) is 0 Å². The van der Waals surface area contributed by atoms with Gasteiger partial charge in [-0.25, -0.2) is 4.39 Å². The number of carbonyl (C=O) groups excluding carboxylic acids is 2. The summed E-state index contributed by atoms with van der Waals surface area (Å²) >= 11 is 0. The summed E-state index contributed by atoms with van der Waals surface area (Å²) in [5.41, 5.74) is 4.56. The normalized spacial score (nSPS) is 10.4. The predicted octanol–water partition coefficient (Wildman–Crippen LogP) is 4.65. The van der Waals surface area contributed by atoms with Crippen LogP contribution in [-0.4, -0.2) is 16.8 Å². The van der Waals surface area contributed by atoms with Gasteiger partial charge in [0.1, 0.15) is 5.82 Å². The quantitative estimate of drug-likeness (QED) is 0.695. The number of pyridine rings is 1. The molecule has 3 aromatic rings. The molecular formula is C22H20FN3O2. The number of benzene rings is 2. The van der Waals surface area contributed by atoms with Crippen LogP contribution in [-0.2, 0) is 0 Å². The molecule has 1 heterocycles. The smallest absolute Gasteiger partial charge is 0.257 e. The van der Waals surface area contributed by atoms with Crippen LogP contribution < -0.4 is 10.6 Å². The SMILES string of the molecule is Cc1cc(C)c(NC(=O)c2cncc(C(=O)Nc3cccc(F)c3)c2)c(C)c1. The minimum atomic E-state index is -0.476. The second kappa shape index (κ2) is 8.00. The fourth-order valence-corrected chi connectivity index (χ4v) is 3.02. The van der Waals surface area contributed by atoms with E-state index in [2.05, 4.69) is 15.6 Å². The molecule has 0 radical (unpaired) electrons. The summed E-state index contributed by atoms with van der Waals surface area (Å²) in [6, 6.07) is 11.0. The second-order valence-corrected chi connectivity index (χ2v) is 6.65. The van der Waals surface area contributed by atoms with Gasteiger partial charge in [-0.2, -0.15) is 0 Å². The zero-order valence-corrected chi connectivity index (χ0v) is 15.8. The summed E-state index contributed by atoms with van der Waals surface area (Å²) in [5, 5.41) is 5.47. The first-order valence-electron chi connectivity index (χ1n) is 8.74. The third kappa shape index (κ3) is 4.40. The van der Waals surface area contributed by atoms with Crippen LogP contribution in [0.1, 0.15) is 37.4 Å². The summed E-state index contributed by atoms with van der Waals surface area (Å²) in [5.74, 6) is -1.29. The highest BCUT2D eigenvalue weighted by atomic mass is 19.1. The summed E-state index contributed by atoms with van der Waals surface area (Å²) in [7, 11) is 0. The minimum Gasteiger partial charge on any atom is -0.322 e. The van der Waals surface area contributed by atoms with E-state index in [-0.39, 0.29) is 17.0 Å². The molecule has 0 aliphatic heterocycles. The Morgan fingerprint density at radius 1 is 0.857 bits per heavy atom. The molecule has 2 amide bonds. The first-order valence-corrected chi connectivity index (χ1v) is 8.74. The number of hydrogen-bond acceptors (Lipinski definition) is 3. The second-order valence-electron chi connectivity index (χ2n) is 6.65. The van der Waals surface area contributed by atoms with E-state index in [1.54, 1.807) is 6.07 Å². The Morgan fingerprint density at radius 3 is 2.07 bits per heavy atom. The number of nitrogens with zero attached hydrogens (tertiary/aromatic N) is 1. The van der Waals surface area contributed by atoms with Gasteiger partial charge >= 0.3 is 0 Å². The van der Waals surface area contributed by atoms with Gasteiger partial charge in [-0.05, 0) is 56.2 Å². The number of nitrogens with one attached hydrogen (secondary N) is 2. The molecule has 6 heteroatoms. The number of carbonyl (C=O) groups is 2. The fourth-order valence-electron chi connectivity index (χ4n) is 3.02. The van der Waals surface area contributed by atoms with Crippen molar-refractivity contribution in [1.82, 2.24) is 4.98 Å². The molecule has 1 aromatic heterocycles. The maximum Gasteiger partial charge on any atom is 0.257 e. The third-order valence-corrected chi connectivity index (χ3v) is 4.26. The lowest BCUT2D eigenvalue weighted by atomic mass is 10.0. The Bertz CT molecular complexity index is 1040. The summed E-state index contributed by atoms with van der Waals surface area (Å²) in [4.78, 5) is 29.0. The topological polar surface area (TPSA) is 71.1 Å². The first kappa shape index (κ1) is 19.2. The maximum absolute atomic E-state index is 13.3. The van der Waals surface area contributed by atoms with Crippen molar-refractivity contribution in [2.24, 2.45) is 0 Å². The lowest BCUT2D eigenvalue weighted by Crippen LogP contribution is -2.17. The number of anilines is 2. The Balaban J connectivity index is 1.79. The lowest BCUT2D eigenvalue weighted by molar-refractivity contribution is 0.102. The van der Waals surface area contributed by atoms with Crippen molar-refractivity contribution < 1.29 is 14.0 Å². The molecule has 2 N–H and O–H groups in total. The van der Waals surface area contributed by atoms with E-state index in [4.69, 9.17) is 0 Å². The van der Waals surface area contributed by atoms with Crippen LogP contribution >= 0.6 is 0 Å². The van der Waals surface area contributed by atoms with Gasteiger partial charge in [0, 0.05) is 23.8 Å². The average Bonchev–Trinajstić information content (AvgIpc) is 2.64. The van der Waals surface area contributed by atoms with Crippen LogP contribution in [0.2, 0.25) is 0 Å². The van der Waals surface area contributed by atoms with Gasteiger partial charge in [-0.3, -0.25) is 14.6 Å². The highest BCUT2D eigenvalue weighted by Gasteiger charge is 2.14. The van der Waals surface area contributed by atoms with Crippen molar-refractivity contribution in [2.75, 3.05) is 10.6 Å². The molecule has 0 atom stereocenters. The van der Waals surface area contributed by atoms with E-state index in [0.717, 1.165) is 22.4 Å². The van der Waals surface area contributed by atoms with Crippen molar-refractivity contribution >= 4 is 23.2 Å². The molecule has 28 heavy (non-hydrogen) atoms. The van der Waals surface area contributed by atoms with Crippen molar-refractivity contribution in [3.05, 3.63) is 88.5 Å². The fraction of sp³-hybridized carbons (Fsp3) is 0.136. The molecular weight excluding hydrogens is 357 g/mol. The Hall–Kier alpha value is -3.54. The monoisotopic (exact) mass is 377 g/mol. The highest BCUT2D eigenvalue weighted by Crippen LogP contribution is 2.22. The van der Waals surface area contributed by atoms with Crippen LogP contribution in [0.25, 0.3) is 0 Å². The van der Waals surface area contributed by atoms with Crippen LogP contribution in [0, 0.1) is 26.6 Å². The van der Waals surface area contributed by atoms with Crippen LogP contribution in [0.15, 0.2) is 54.9 Å². The minimum absolute atomic E-state index is 0.203. The number of halogens is 1. The van der Waals surface area contributed by atoms with Gasteiger partial charge in [0.25, 0.3) is 11.8 Å². The molecule has 5 nitrogen and oxygen atoms in total. The van der Waals surface area contributed by atoms with Crippen molar-refractivity contribution in [1.29, 1.82) is 0 Å². The van der Waals surface area contributed by atoms with Gasteiger partial charge in [0.2, 0.25) is 0 Å². The zero-order valence-electron chi connectivity index (χ0n) is 15.8. The van der Waals surface area contributed by atoms with Gasteiger partial charge in [-0.15, -0.1) is 0 Å². The number of hydrogen-bond donors (Lipinski definition) is 2. The van der Waals surface area contributed by atoms with E-state index in [1.165, 1.54) is 36.7 Å². The Kier molecular flexibility index (Phi) is 5.49. The van der Waals surface area contributed by atoms with Gasteiger partial charge in [-0.1, -0.05) is 23.8 Å². The molecule has 0 bridgehead atoms. The van der Waals surface area contributed by atoms with Gasteiger partial charge in [0.05, 0.1) is 11.1 Å². The number of amides is 2.